The second-order valence-electron chi connectivity index (χ2n) is 6.60. The van der Waals surface area contributed by atoms with Gasteiger partial charge in [0.2, 0.25) is 0 Å². The lowest BCUT2D eigenvalue weighted by Gasteiger charge is -2.30. The molecule has 0 aliphatic carbocycles. The second kappa shape index (κ2) is 13.7. The Morgan fingerprint density at radius 2 is 1.92 bits per heavy atom. The minimum absolute atomic E-state index is 0. The summed E-state index contributed by atoms with van der Waals surface area (Å²) in [6.45, 7) is 16.8. The Morgan fingerprint density at radius 1 is 1.24 bits per heavy atom. The first-order chi connectivity index (χ1) is 11.4. The van der Waals surface area contributed by atoms with Crippen LogP contribution in [0.5, 0.6) is 0 Å². The maximum absolute atomic E-state index is 4.67. The molecule has 0 bridgehead atoms. The molecule has 2 N–H and O–H groups in total. The molecule has 146 valence electrons. The lowest BCUT2D eigenvalue weighted by Crippen LogP contribution is -2.45. The van der Waals surface area contributed by atoms with Crippen LogP contribution >= 0.6 is 35.3 Å². The molecule has 0 fully saturated rings. The molecule has 5 nitrogen and oxygen atoms in total. The van der Waals surface area contributed by atoms with Gasteiger partial charge in [-0.3, -0.25) is 9.89 Å². The van der Waals surface area contributed by atoms with Crippen molar-refractivity contribution >= 4 is 41.3 Å². The van der Waals surface area contributed by atoms with Crippen molar-refractivity contribution in [1.82, 2.24) is 20.5 Å². The highest BCUT2D eigenvalue weighted by Gasteiger charge is 2.12. The SMILES string of the molecule is CCNC(=NCCCc1nc(C)cs1)NCCN(C(C)C)C(C)C.I. The van der Waals surface area contributed by atoms with E-state index >= 15 is 0 Å². The number of aromatic nitrogens is 1. The number of guanidine groups is 1. The molecule has 1 aromatic rings. The van der Waals surface area contributed by atoms with Gasteiger partial charge in [0.1, 0.15) is 0 Å². The van der Waals surface area contributed by atoms with E-state index in [1.807, 2.05) is 6.92 Å². The van der Waals surface area contributed by atoms with Gasteiger partial charge < -0.3 is 10.6 Å². The Kier molecular flexibility index (Phi) is 13.5. The zero-order valence-electron chi connectivity index (χ0n) is 16.6. The van der Waals surface area contributed by atoms with Gasteiger partial charge in [0.15, 0.2) is 5.96 Å². The Labute approximate surface area is 175 Å². The summed E-state index contributed by atoms with van der Waals surface area (Å²) in [5, 5.41) is 10.1. The fourth-order valence-electron chi connectivity index (χ4n) is 2.70. The molecule has 25 heavy (non-hydrogen) atoms. The van der Waals surface area contributed by atoms with Crippen LogP contribution in [-0.4, -0.2) is 54.1 Å². The highest BCUT2D eigenvalue weighted by atomic mass is 127. The zero-order valence-corrected chi connectivity index (χ0v) is 19.8. The lowest BCUT2D eigenvalue weighted by atomic mass is 10.2. The van der Waals surface area contributed by atoms with Crippen LogP contribution in [0, 0.1) is 6.92 Å². The van der Waals surface area contributed by atoms with Crippen molar-refractivity contribution in [3.05, 3.63) is 16.1 Å². The van der Waals surface area contributed by atoms with E-state index < -0.39 is 0 Å². The Bertz CT molecular complexity index is 480. The molecule has 1 heterocycles. The van der Waals surface area contributed by atoms with Crippen LogP contribution in [0.1, 0.15) is 51.7 Å². The molecule has 0 saturated carbocycles. The minimum atomic E-state index is 0. The van der Waals surface area contributed by atoms with E-state index in [1.54, 1.807) is 11.3 Å². The minimum Gasteiger partial charge on any atom is -0.357 e. The number of thiazole rings is 1. The van der Waals surface area contributed by atoms with Crippen molar-refractivity contribution in [2.24, 2.45) is 4.99 Å². The summed E-state index contributed by atoms with van der Waals surface area (Å²) in [5.74, 6) is 0.917. The van der Waals surface area contributed by atoms with Gasteiger partial charge in [-0.25, -0.2) is 4.98 Å². The molecular formula is C18H36IN5S. The molecule has 1 rings (SSSR count). The molecule has 0 unspecified atom stereocenters. The quantitative estimate of drug-likeness (QED) is 0.232. The number of halogens is 1. The highest BCUT2D eigenvalue weighted by molar-refractivity contribution is 14.0. The molecule has 0 spiro atoms. The Hall–Kier alpha value is -0.410. The van der Waals surface area contributed by atoms with Gasteiger partial charge in [-0.1, -0.05) is 0 Å². The predicted molar refractivity (Wildman–Crippen MR) is 122 cm³/mol. The first-order valence-corrected chi connectivity index (χ1v) is 10.0. The summed E-state index contributed by atoms with van der Waals surface area (Å²) >= 11 is 1.74. The molecule has 0 aromatic carbocycles. The summed E-state index contributed by atoms with van der Waals surface area (Å²) in [6, 6.07) is 1.13. The van der Waals surface area contributed by atoms with Crippen LogP contribution in [-0.2, 0) is 6.42 Å². The van der Waals surface area contributed by atoms with E-state index in [1.165, 1.54) is 5.01 Å². The maximum atomic E-state index is 4.67. The molecule has 1 aromatic heterocycles. The molecule has 0 saturated heterocycles. The summed E-state index contributed by atoms with van der Waals surface area (Å²) in [6.07, 6.45) is 2.05. The van der Waals surface area contributed by atoms with Crippen molar-refractivity contribution < 1.29 is 0 Å². The third kappa shape index (κ3) is 10.4. The number of rotatable bonds is 10. The van der Waals surface area contributed by atoms with Gasteiger partial charge in [-0.05, 0) is 48.0 Å². The Balaban J connectivity index is 0.00000576. The third-order valence-electron chi connectivity index (χ3n) is 3.82. The van der Waals surface area contributed by atoms with Crippen LogP contribution in [0.4, 0.5) is 0 Å². The monoisotopic (exact) mass is 481 g/mol. The van der Waals surface area contributed by atoms with E-state index in [9.17, 15) is 0 Å². The number of aryl methyl sites for hydroxylation is 2. The van der Waals surface area contributed by atoms with Gasteiger partial charge in [0, 0.05) is 55.8 Å². The second-order valence-corrected chi connectivity index (χ2v) is 7.54. The standard InChI is InChI=1S/C18H35N5S.HI/c1-7-19-18(21-11-12-23(14(2)3)15(4)5)20-10-8-9-17-22-16(6)13-24-17;/h13-15H,7-12H2,1-6H3,(H2,19,20,21);1H. The summed E-state index contributed by atoms with van der Waals surface area (Å²) in [7, 11) is 0. The molecule has 7 heteroatoms. The van der Waals surface area contributed by atoms with Crippen molar-refractivity contribution in [3.63, 3.8) is 0 Å². The van der Waals surface area contributed by atoms with E-state index in [0.29, 0.717) is 12.1 Å². The molecular weight excluding hydrogens is 445 g/mol. The zero-order chi connectivity index (χ0) is 17.9. The van der Waals surface area contributed by atoms with Crippen molar-refractivity contribution in [1.29, 1.82) is 0 Å². The van der Waals surface area contributed by atoms with Crippen LogP contribution in [0.2, 0.25) is 0 Å². The third-order valence-corrected chi connectivity index (χ3v) is 4.84. The Morgan fingerprint density at radius 3 is 2.44 bits per heavy atom. The molecule has 0 aliphatic heterocycles. The van der Waals surface area contributed by atoms with Crippen molar-refractivity contribution in [2.75, 3.05) is 26.2 Å². The summed E-state index contributed by atoms with van der Waals surface area (Å²) in [5.41, 5.74) is 1.12. The molecule has 0 atom stereocenters. The first-order valence-electron chi connectivity index (χ1n) is 9.13. The maximum Gasteiger partial charge on any atom is 0.191 e. The van der Waals surface area contributed by atoms with Crippen molar-refractivity contribution in [2.45, 2.75) is 66.5 Å². The van der Waals surface area contributed by atoms with Crippen LogP contribution in [0.3, 0.4) is 0 Å². The number of nitrogens with zero attached hydrogens (tertiary/aromatic N) is 3. The van der Waals surface area contributed by atoms with Gasteiger partial charge in [0.25, 0.3) is 0 Å². The largest absolute Gasteiger partial charge is 0.357 e. The average Bonchev–Trinajstić information content (AvgIpc) is 2.92. The average molecular weight is 481 g/mol. The predicted octanol–water partition coefficient (Wildman–Crippen LogP) is 3.68. The number of hydrogen-bond donors (Lipinski definition) is 2. The van der Waals surface area contributed by atoms with E-state index in [-0.39, 0.29) is 24.0 Å². The number of hydrogen-bond acceptors (Lipinski definition) is 4. The van der Waals surface area contributed by atoms with Gasteiger partial charge in [-0.2, -0.15) is 0 Å². The topological polar surface area (TPSA) is 52.6 Å². The number of nitrogens with one attached hydrogen (secondary N) is 2. The fraction of sp³-hybridized carbons (Fsp3) is 0.778. The summed E-state index contributed by atoms with van der Waals surface area (Å²) < 4.78 is 0. The number of aliphatic imine (C=N–C) groups is 1. The van der Waals surface area contributed by atoms with E-state index in [4.69, 9.17) is 0 Å². The van der Waals surface area contributed by atoms with Crippen LogP contribution in [0.15, 0.2) is 10.4 Å². The molecule has 0 radical (unpaired) electrons. The van der Waals surface area contributed by atoms with Gasteiger partial charge in [-0.15, -0.1) is 35.3 Å². The van der Waals surface area contributed by atoms with Gasteiger partial charge in [0.05, 0.1) is 5.01 Å². The smallest absolute Gasteiger partial charge is 0.191 e. The molecule has 0 amide bonds. The molecule has 0 aliphatic rings. The fourth-order valence-corrected chi connectivity index (χ4v) is 3.51. The summed E-state index contributed by atoms with van der Waals surface area (Å²) in [4.78, 5) is 11.7. The van der Waals surface area contributed by atoms with Crippen LogP contribution in [0.25, 0.3) is 0 Å². The van der Waals surface area contributed by atoms with E-state index in [2.05, 4.69) is 65.5 Å². The lowest BCUT2D eigenvalue weighted by molar-refractivity contribution is 0.178. The van der Waals surface area contributed by atoms with Gasteiger partial charge >= 0.3 is 0 Å². The van der Waals surface area contributed by atoms with Crippen molar-refractivity contribution in [3.8, 4) is 0 Å². The highest BCUT2D eigenvalue weighted by Crippen LogP contribution is 2.10. The normalized spacial score (nSPS) is 12.0. The first kappa shape index (κ1) is 24.6. The van der Waals surface area contributed by atoms with E-state index in [0.717, 1.165) is 50.7 Å². The van der Waals surface area contributed by atoms with Crippen LogP contribution < -0.4 is 10.6 Å².